The van der Waals surface area contributed by atoms with E-state index in [1.807, 2.05) is 6.07 Å². The summed E-state index contributed by atoms with van der Waals surface area (Å²) in [7, 11) is 1.72. The van der Waals surface area contributed by atoms with Crippen LogP contribution in [0.4, 0.5) is 0 Å². The molecule has 0 aromatic heterocycles. The molecule has 4 heteroatoms. The van der Waals surface area contributed by atoms with Crippen molar-refractivity contribution in [3.63, 3.8) is 0 Å². The van der Waals surface area contributed by atoms with Crippen molar-refractivity contribution in [3.8, 4) is 5.75 Å². The molecule has 1 saturated heterocycles. The number of fused-ring (bicyclic) bond motifs is 1. The quantitative estimate of drug-likeness (QED) is 0.941. The molecule has 1 aliphatic heterocycles. The van der Waals surface area contributed by atoms with E-state index >= 15 is 0 Å². The molecule has 1 N–H and O–H groups in total. The third-order valence-corrected chi connectivity index (χ3v) is 4.28. The Morgan fingerprint density at radius 2 is 2.14 bits per heavy atom. The molecule has 2 aromatic rings. The minimum absolute atomic E-state index is 0.170. The Labute approximate surface area is 131 Å². The Morgan fingerprint density at radius 3 is 2.95 bits per heavy atom. The molecular formula is C18H23NO3. The normalized spacial score (nSPS) is 20.0. The lowest BCUT2D eigenvalue weighted by molar-refractivity contribution is 0.0958. The number of aliphatic hydroxyl groups is 1. The first-order valence-electron chi connectivity index (χ1n) is 7.77. The van der Waals surface area contributed by atoms with Crippen LogP contribution in [0.1, 0.15) is 5.56 Å². The van der Waals surface area contributed by atoms with Gasteiger partial charge in [-0.1, -0.05) is 30.3 Å². The molecule has 4 nitrogen and oxygen atoms in total. The first-order chi connectivity index (χ1) is 10.8. The van der Waals surface area contributed by atoms with E-state index in [0.29, 0.717) is 13.2 Å². The zero-order chi connectivity index (χ0) is 15.4. The first-order valence-corrected chi connectivity index (χ1v) is 7.77. The van der Waals surface area contributed by atoms with Gasteiger partial charge in [-0.05, 0) is 16.8 Å². The average Bonchev–Trinajstić information content (AvgIpc) is 2.80. The molecule has 1 aliphatic rings. The Kier molecular flexibility index (Phi) is 4.93. The zero-order valence-electron chi connectivity index (χ0n) is 13.0. The zero-order valence-corrected chi connectivity index (χ0v) is 13.0. The second-order valence-electron chi connectivity index (χ2n) is 5.83. The lowest BCUT2D eigenvalue weighted by Crippen LogP contribution is -2.31. The second-order valence-corrected chi connectivity index (χ2v) is 5.83. The lowest BCUT2D eigenvalue weighted by atomic mass is 10.0. The predicted molar refractivity (Wildman–Crippen MR) is 87.2 cm³/mol. The SMILES string of the molecule is COc1ccc2ccccc2c1CN1CCOC[C@H](CO)C1. The Hall–Kier alpha value is -1.62. The van der Waals surface area contributed by atoms with Crippen LogP contribution in [0.5, 0.6) is 5.75 Å². The smallest absolute Gasteiger partial charge is 0.123 e. The van der Waals surface area contributed by atoms with Crippen molar-refractivity contribution in [1.82, 2.24) is 4.90 Å². The number of rotatable bonds is 4. The van der Waals surface area contributed by atoms with Crippen molar-refractivity contribution in [2.24, 2.45) is 5.92 Å². The summed E-state index contributed by atoms with van der Waals surface area (Å²) in [4.78, 5) is 2.35. The number of nitrogens with zero attached hydrogens (tertiary/aromatic N) is 1. The fourth-order valence-corrected chi connectivity index (χ4v) is 3.10. The average molecular weight is 301 g/mol. The number of hydrogen-bond acceptors (Lipinski definition) is 4. The van der Waals surface area contributed by atoms with E-state index in [9.17, 15) is 5.11 Å². The number of aliphatic hydroxyl groups excluding tert-OH is 1. The van der Waals surface area contributed by atoms with Gasteiger partial charge in [0.15, 0.2) is 0 Å². The summed E-state index contributed by atoms with van der Waals surface area (Å²) in [5, 5.41) is 11.9. The van der Waals surface area contributed by atoms with Crippen LogP contribution >= 0.6 is 0 Å². The van der Waals surface area contributed by atoms with Gasteiger partial charge in [-0.25, -0.2) is 0 Å². The Morgan fingerprint density at radius 1 is 1.27 bits per heavy atom. The Balaban J connectivity index is 1.91. The van der Waals surface area contributed by atoms with Crippen LogP contribution in [-0.4, -0.2) is 50.0 Å². The van der Waals surface area contributed by atoms with Crippen LogP contribution in [-0.2, 0) is 11.3 Å². The van der Waals surface area contributed by atoms with Crippen LogP contribution in [0.2, 0.25) is 0 Å². The van der Waals surface area contributed by atoms with Gasteiger partial charge in [0.05, 0.1) is 20.3 Å². The molecule has 22 heavy (non-hydrogen) atoms. The lowest BCUT2D eigenvalue weighted by Gasteiger charge is -2.24. The fraction of sp³-hybridized carbons (Fsp3) is 0.444. The van der Waals surface area contributed by atoms with Gasteiger partial charge in [0.25, 0.3) is 0 Å². The molecule has 0 radical (unpaired) electrons. The van der Waals surface area contributed by atoms with E-state index in [1.165, 1.54) is 16.3 Å². The summed E-state index contributed by atoms with van der Waals surface area (Å²) in [6.45, 7) is 4.06. The molecule has 118 valence electrons. The molecule has 0 unspecified atom stereocenters. The van der Waals surface area contributed by atoms with Gasteiger partial charge >= 0.3 is 0 Å². The van der Waals surface area contributed by atoms with E-state index in [0.717, 1.165) is 25.4 Å². The number of methoxy groups -OCH3 is 1. The minimum atomic E-state index is 0.170. The third-order valence-electron chi connectivity index (χ3n) is 4.28. The van der Waals surface area contributed by atoms with E-state index in [2.05, 4.69) is 35.2 Å². The molecular weight excluding hydrogens is 278 g/mol. The molecule has 3 rings (SSSR count). The van der Waals surface area contributed by atoms with E-state index in [4.69, 9.17) is 9.47 Å². The number of benzene rings is 2. The van der Waals surface area contributed by atoms with Crippen molar-refractivity contribution < 1.29 is 14.6 Å². The summed E-state index contributed by atoms with van der Waals surface area (Å²) in [6, 6.07) is 12.5. The largest absolute Gasteiger partial charge is 0.496 e. The standard InChI is InChI=1S/C18H23NO3/c1-21-18-7-6-15-4-2-3-5-16(15)17(18)11-19-8-9-22-13-14(10-19)12-20/h2-7,14,20H,8-13H2,1H3/t14-/m0/s1. The van der Waals surface area contributed by atoms with Crippen LogP contribution in [0.3, 0.4) is 0 Å². The highest BCUT2D eigenvalue weighted by atomic mass is 16.5. The van der Waals surface area contributed by atoms with Crippen molar-refractivity contribution in [3.05, 3.63) is 42.0 Å². The van der Waals surface area contributed by atoms with Gasteiger partial charge < -0.3 is 14.6 Å². The van der Waals surface area contributed by atoms with Crippen LogP contribution in [0.25, 0.3) is 10.8 Å². The molecule has 1 fully saturated rings. The molecule has 0 spiro atoms. The second kappa shape index (κ2) is 7.09. The van der Waals surface area contributed by atoms with Crippen LogP contribution in [0.15, 0.2) is 36.4 Å². The van der Waals surface area contributed by atoms with E-state index in [1.54, 1.807) is 7.11 Å². The number of ether oxygens (including phenoxy) is 2. The highest BCUT2D eigenvalue weighted by molar-refractivity contribution is 5.87. The molecule has 0 saturated carbocycles. The summed E-state index contributed by atoms with van der Waals surface area (Å²) in [5.74, 6) is 1.10. The highest BCUT2D eigenvalue weighted by Gasteiger charge is 2.20. The molecule has 1 atom stereocenters. The monoisotopic (exact) mass is 301 g/mol. The van der Waals surface area contributed by atoms with Gasteiger partial charge in [-0.2, -0.15) is 0 Å². The van der Waals surface area contributed by atoms with Crippen molar-refractivity contribution in [2.45, 2.75) is 6.54 Å². The van der Waals surface area contributed by atoms with Gasteiger partial charge in [0.2, 0.25) is 0 Å². The number of hydrogen-bond donors (Lipinski definition) is 1. The third kappa shape index (κ3) is 3.24. The van der Waals surface area contributed by atoms with Gasteiger partial charge in [-0.3, -0.25) is 4.90 Å². The van der Waals surface area contributed by atoms with Crippen molar-refractivity contribution in [2.75, 3.05) is 40.0 Å². The predicted octanol–water partition coefficient (Wildman–Crippen LogP) is 2.29. The minimum Gasteiger partial charge on any atom is -0.496 e. The van der Waals surface area contributed by atoms with E-state index < -0.39 is 0 Å². The maximum Gasteiger partial charge on any atom is 0.123 e. The summed E-state index contributed by atoms with van der Waals surface area (Å²) in [6.07, 6.45) is 0. The topological polar surface area (TPSA) is 41.9 Å². The summed E-state index contributed by atoms with van der Waals surface area (Å²) < 4.78 is 11.1. The summed E-state index contributed by atoms with van der Waals surface area (Å²) >= 11 is 0. The van der Waals surface area contributed by atoms with Crippen molar-refractivity contribution >= 4 is 10.8 Å². The maximum atomic E-state index is 9.44. The molecule has 0 aliphatic carbocycles. The first kappa shape index (κ1) is 15.3. The summed E-state index contributed by atoms with van der Waals surface area (Å²) in [5.41, 5.74) is 1.21. The van der Waals surface area contributed by atoms with Crippen LogP contribution in [0, 0.1) is 5.92 Å². The molecule has 2 aromatic carbocycles. The van der Waals surface area contributed by atoms with Gasteiger partial charge in [0, 0.05) is 37.7 Å². The molecule has 1 heterocycles. The van der Waals surface area contributed by atoms with Gasteiger partial charge in [0.1, 0.15) is 5.75 Å². The maximum absolute atomic E-state index is 9.44. The van der Waals surface area contributed by atoms with Crippen molar-refractivity contribution in [1.29, 1.82) is 0 Å². The van der Waals surface area contributed by atoms with E-state index in [-0.39, 0.29) is 12.5 Å². The molecule has 0 bridgehead atoms. The van der Waals surface area contributed by atoms with Gasteiger partial charge in [-0.15, -0.1) is 0 Å². The molecule has 0 amide bonds. The van der Waals surface area contributed by atoms with Crippen LogP contribution < -0.4 is 4.74 Å². The fourth-order valence-electron chi connectivity index (χ4n) is 3.10. The highest BCUT2D eigenvalue weighted by Crippen LogP contribution is 2.29. The Bertz CT molecular complexity index is 629.